The highest BCUT2D eigenvalue weighted by Crippen LogP contribution is 2.26. The molecule has 1 aromatic heterocycles. The molecule has 3 nitrogen and oxygen atoms in total. The van der Waals surface area contributed by atoms with Crippen LogP contribution in [0.4, 0.5) is 4.39 Å². The first kappa shape index (κ1) is 14.5. The minimum Gasteiger partial charge on any atom is -0.488 e. The number of pyridine rings is 1. The molecule has 0 fully saturated rings. The van der Waals surface area contributed by atoms with Crippen molar-refractivity contribution in [3.05, 3.63) is 58.7 Å². The highest BCUT2D eigenvalue weighted by Gasteiger charge is 2.07. The second-order valence-corrected chi connectivity index (χ2v) is 4.90. The zero-order chi connectivity index (χ0) is 14.5. The Morgan fingerprint density at radius 1 is 1.10 bits per heavy atom. The van der Waals surface area contributed by atoms with Gasteiger partial charge in [-0.25, -0.2) is 4.39 Å². The minimum absolute atomic E-state index is 0.308. The molecule has 0 aliphatic heterocycles. The monoisotopic (exact) mass is 274 g/mol. The molecule has 0 atom stereocenters. The summed E-state index contributed by atoms with van der Waals surface area (Å²) in [6, 6.07) is 5.60. The van der Waals surface area contributed by atoms with Crippen LogP contribution >= 0.6 is 0 Å². The number of hydrogen-bond donors (Lipinski definition) is 1. The molecule has 2 N–H and O–H groups in total. The lowest BCUT2D eigenvalue weighted by Crippen LogP contribution is -2.05. The van der Waals surface area contributed by atoms with Crippen LogP contribution in [-0.2, 0) is 13.0 Å². The Labute approximate surface area is 118 Å². The lowest BCUT2D eigenvalue weighted by Gasteiger charge is -2.14. The van der Waals surface area contributed by atoms with Crippen LogP contribution in [0.15, 0.2) is 30.6 Å². The molecule has 2 aromatic rings. The maximum atomic E-state index is 13.1. The van der Waals surface area contributed by atoms with Gasteiger partial charge in [-0.3, -0.25) is 4.98 Å². The number of aryl methyl sites for hydroxylation is 2. The third-order valence-corrected chi connectivity index (χ3v) is 3.10. The molecular formula is C16H19FN2O. The summed E-state index contributed by atoms with van der Waals surface area (Å²) in [4.78, 5) is 3.81. The summed E-state index contributed by atoms with van der Waals surface area (Å²) in [6.07, 6.45) is 3.65. The molecule has 4 heteroatoms. The lowest BCUT2D eigenvalue weighted by molar-refractivity contribution is 0.300. The van der Waals surface area contributed by atoms with Crippen LogP contribution in [0, 0.1) is 19.7 Å². The average Bonchev–Trinajstić information content (AvgIpc) is 2.38. The van der Waals surface area contributed by atoms with E-state index < -0.39 is 0 Å². The molecule has 106 valence electrons. The Morgan fingerprint density at radius 3 is 2.40 bits per heavy atom. The van der Waals surface area contributed by atoms with Gasteiger partial charge in [0.25, 0.3) is 0 Å². The first-order valence-electron chi connectivity index (χ1n) is 6.62. The van der Waals surface area contributed by atoms with Gasteiger partial charge in [-0.15, -0.1) is 0 Å². The van der Waals surface area contributed by atoms with Gasteiger partial charge in [0.1, 0.15) is 18.2 Å². The van der Waals surface area contributed by atoms with Gasteiger partial charge < -0.3 is 10.5 Å². The van der Waals surface area contributed by atoms with E-state index in [2.05, 4.69) is 17.1 Å². The van der Waals surface area contributed by atoms with E-state index in [0.717, 1.165) is 28.9 Å². The Bertz CT molecular complexity index is 576. The van der Waals surface area contributed by atoms with Crippen LogP contribution in [0.5, 0.6) is 5.75 Å². The van der Waals surface area contributed by atoms with Gasteiger partial charge in [0.05, 0.1) is 6.20 Å². The third-order valence-electron chi connectivity index (χ3n) is 3.10. The quantitative estimate of drug-likeness (QED) is 0.912. The zero-order valence-electron chi connectivity index (χ0n) is 11.8. The molecule has 2 rings (SSSR count). The van der Waals surface area contributed by atoms with E-state index in [1.54, 1.807) is 6.20 Å². The van der Waals surface area contributed by atoms with Crippen LogP contribution in [0.3, 0.4) is 0 Å². The standard InChI is InChI=1S/C16H19FN2O/c1-11-5-13(3-4-18)6-12(2)16(11)20-10-14-7-15(17)9-19-8-14/h5-9H,3-4,10,18H2,1-2H3. The van der Waals surface area contributed by atoms with Crippen molar-refractivity contribution in [2.24, 2.45) is 5.73 Å². The van der Waals surface area contributed by atoms with Gasteiger partial charge in [-0.2, -0.15) is 0 Å². The van der Waals surface area contributed by atoms with Gasteiger partial charge in [-0.1, -0.05) is 12.1 Å². The summed E-state index contributed by atoms with van der Waals surface area (Å²) in [5.41, 5.74) is 9.64. The maximum absolute atomic E-state index is 13.1. The molecule has 1 aromatic carbocycles. The van der Waals surface area contributed by atoms with E-state index >= 15 is 0 Å². The summed E-state index contributed by atoms with van der Waals surface area (Å²) in [6.45, 7) is 4.95. The summed E-state index contributed by atoms with van der Waals surface area (Å²) in [5.74, 6) is 0.493. The first-order valence-corrected chi connectivity index (χ1v) is 6.62. The molecular weight excluding hydrogens is 255 g/mol. The Morgan fingerprint density at radius 2 is 1.80 bits per heavy atom. The molecule has 0 radical (unpaired) electrons. The second kappa shape index (κ2) is 6.48. The summed E-state index contributed by atoms with van der Waals surface area (Å²) >= 11 is 0. The second-order valence-electron chi connectivity index (χ2n) is 4.90. The summed E-state index contributed by atoms with van der Waals surface area (Å²) in [5, 5.41) is 0. The fraction of sp³-hybridized carbons (Fsp3) is 0.312. The lowest BCUT2D eigenvalue weighted by atomic mass is 10.0. The fourth-order valence-corrected chi connectivity index (χ4v) is 2.27. The van der Waals surface area contributed by atoms with Gasteiger partial charge in [-0.05, 0) is 49.6 Å². The van der Waals surface area contributed by atoms with Crippen molar-refractivity contribution >= 4 is 0 Å². The van der Waals surface area contributed by atoms with Crippen molar-refractivity contribution < 1.29 is 9.13 Å². The van der Waals surface area contributed by atoms with Crippen LogP contribution in [0.25, 0.3) is 0 Å². The number of halogens is 1. The number of ether oxygens (including phenoxy) is 1. The Hall–Kier alpha value is -1.94. The number of rotatable bonds is 5. The smallest absolute Gasteiger partial charge is 0.141 e. The van der Waals surface area contributed by atoms with E-state index in [1.165, 1.54) is 17.8 Å². The van der Waals surface area contributed by atoms with Crippen LogP contribution in [0.1, 0.15) is 22.3 Å². The average molecular weight is 274 g/mol. The summed E-state index contributed by atoms with van der Waals surface area (Å²) < 4.78 is 18.9. The third kappa shape index (κ3) is 3.54. The van der Waals surface area contributed by atoms with Gasteiger partial charge >= 0.3 is 0 Å². The van der Waals surface area contributed by atoms with Gasteiger partial charge in [0.2, 0.25) is 0 Å². The molecule has 0 aliphatic rings. The molecule has 0 unspecified atom stereocenters. The molecule has 0 aliphatic carbocycles. The van der Waals surface area contributed by atoms with E-state index in [4.69, 9.17) is 10.5 Å². The highest BCUT2D eigenvalue weighted by atomic mass is 19.1. The van der Waals surface area contributed by atoms with Crippen molar-refractivity contribution in [2.45, 2.75) is 26.9 Å². The van der Waals surface area contributed by atoms with Gasteiger partial charge in [0, 0.05) is 11.8 Å². The van der Waals surface area contributed by atoms with Crippen LogP contribution in [-0.4, -0.2) is 11.5 Å². The number of aromatic nitrogens is 1. The van der Waals surface area contributed by atoms with Crippen molar-refractivity contribution in [3.8, 4) is 5.75 Å². The number of nitrogens with zero attached hydrogens (tertiary/aromatic N) is 1. The molecule has 1 heterocycles. The minimum atomic E-state index is -0.349. The predicted molar refractivity (Wildman–Crippen MR) is 77.2 cm³/mol. The number of nitrogens with two attached hydrogens (primary N) is 1. The first-order chi connectivity index (χ1) is 9.60. The Balaban J connectivity index is 2.13. The molecule has 20 heavy (non-hydrogen) atoms. The summed E-state index contributed by atoms with van der Waals surface area (Å²) in [7, 11) is 0. The normalized spacial score (nSPS) is 10.6. The predicted octanol–water partition coefficient (Wildman–Crippen LogP) is 2.92. The Kier molecular flexibility index (Phi) is 4.69. The molecule has 0 amide bonds. The van der Waals surface area contributed by atoms with Crippen molar-refractivity contribution in [2.75, 3.05) is 6.54 Å². The van der Waals surface area contributed by atoms with Crippen molar-refractivity contribution in [1.29, 1.82) is 0 Å². The van der Waals surface area contributed by atoms with Gasteiger partial charge in [0.15, 0.2) is 0 Å². The molecule has 0 spiro atoms. The topological polar surface area (TPSA) is 48.1 Å². The zero-order valence-corrected chi connectivity index (χ0v) is 11.8. The van der Waals surface area contributed by atoms with Crippen LogP contribution in [0.2, 0.25) is 0 Å². The molecule has 0 bridgehead atoms. The number of hydrogen-bond acceptors (Lipinski definition) is 3. The SMILES string of the molecule is Cc1cc(CCN)cc(C)c1OCc1cncc(F)c1. The highest BCUT2D eigenvalue weighted by molar-refractivity contribution is 5.43. The largest absolute Gasteiger partial charge is 0.488 e. The maximum Gasteiger partial charge on any atom is 0.141 e. The molecule has 0 saturated heterocycles. The van der Waals surface area contributed by atoms with E-state index in [0.29, 0.717) is 13.2 Å². The van der Waals surface area contributed by atoms with Crippen molar-refractivity contribution in [1.82, 2.24) is 4.98 Å². The van der Waals surface area contributed by atoms with E-state index in [-0.39, 0.29) is 5.82 Å². The molecule has 0 saturated carbocycles. The van der Waals surface area contributed by atoms with E-state index in [9.17, 15) is 4.39 Å². The number of benzene rings is 1. The van der Waals surface area contributed by atoms with Crippen LogP contribution < -0.4 is 10.5 Å². The fourth-order valence-electron chi connectivity index (χ4n) is 2.27. The van der Waals surface area contributed by atoms with Crippen molar-refractivity contribution in [3.63, 3.8) is 0 Å². The van der Waals surface area contributed by atoms with E-state index in [1.807, 2.05) is 13.8 Å².